The third-order valence-corrected chi connectivity index (χ3v) is 6.92. The molecule has 0 unspecified atom stereocenters. The van der Waals surface area contributed by atoms with Gasteiger partial charge in [0.15, 0.2) is 5.13 Å². The van der Waals surface area contributed by atoms with Crippen LogP contribution in [-0.2, 0) is 22.4 Å². The lowest BCUT2D eigenvalue weighted by Crippen LogP contribution is -2.39. The van der Waals surface area contributed by atoms with Gasteiger partial charge in [-0.2, -0.15) is 0 Å². The van der Waals surface area contributed by atoms with Crippen LogP contribution in [0.25, 0.3) is 10.2 Å². The molecule has 6 heteroatoms. The fraction of sp³-hybridized carbons (Fsp3) is 0.400. The van der Waals surface area contributed by atoms with Gasteiger partial charge in [-0.1, -0.05) is 54.7 Å². The number of hydrogen-bond acceptors (Lipinski definition) is 4. The Kier molecular flexibility index (Phi) is 6.97. The summed E-state index contributed by atoms with van der Waals surface area (Å²) in [7, 11) is 0. The van der Waals surface area contributed by atoms with Crippen molar-refractivity contribution in [2.45, 2.75) is 45.4 Å². The highest BCUT2D eigenvalue weighted by molar-refractivity contribution is 7.22. The first-order valence-electron chi connectivity index (χ1n) is 11.1. The molecule has 2 heterocycles. The van der Waals surface area contributed by atoms with E-state index in [1.165, 1.54) is 16.9 Å². The van der Waals surface area contributed by atoms with E-state index in [4.69, 9.17) is 0 Å². The molecule has 4 rings (SSSR count). The molecule has 1 aliphatic rings. The predicted molar refractivity (Wildman–Crippen MR) is 126 cm³/mol. The van der Waals surface area contributed by atoms with Crippen molar-refractivity contribution in [1.29, 1.82) is 0 Å². The Morgan fingerprint density at radius 1 is 1.10 bits per heavy atom. The normalized spacial score (nSPS) is 14.7. The number of aromatic nitrogens is 1. The van der Waals surface area contributed by atoms with Gasteiger partial charge in [-0.25, -0.2) is 4.98 Å². The Balaban J connectivity index is 1.26. The molecule has 31 heavy (non-hydrogen) atoms. The second-order valence-corrected chi connectivity index (χ2v) is 9.27. The Bertz CT molecular complexity index is 1040. The molecule has 0 aliphatic carbocycles. The van der Waals surface area contributed by atoms with E-state index < -0.39 is 0 Å². The molecular formula is C25H29N3O2S. The Morgan fingerprint density at radius 3 is 2.61 bits per heavy atom. The number of piperidine rings is 1. The zero-order valence-electron chi connectivity index (χ0n) is 18.0. The van der Waals surface area contributed by atoms with Gasteiger partial charge < -0.3 is 10.2 Å². The summed E-state index contributed by atoms with van der Waals surface area (Å²) in [5.41, 5.74) is 3.41. The van der Waals surface area contributed by atoms with Crippen LogP contribution < -0.4 is 5.32 Å². The van der Waals surface area contributed by atoms with E-state index in [0.717, 1.165) is 54.6 Å². The average molecular weight is 436 g/mol. The lowest BCUT2D eigenvalue weighted by molar-refractivity contribution is -0.132. The number of hydrogen-bond donors (Lipinski definition) is 1. The van der Waals surface area contributed by atoms with Crippen LogP contribution in [0.1, 0.15) is 43.7 Å². The van der Waals surface area contributed by atoms with Crippen LogP contribution >= 0.6 is 11.3 Å². The summed E-state index contributed by atoms with van der Waals surface area (Å²) >= 11 is 1.48. The van der Waals surface area contributed by atoms with Crippen molar-refractivity contribution in [3.8, 4) is 0 Å². The van der Waals surface area contributed by atoms with Gasteiger partial charge >= 0.3 is 0 Å². The highest BCUT2D eigenvalue weighted by atomic mass is 32.1. The molecule has 0 radical (unpaired) electrons. The quantitative estimate of drug-likeness (QED) is 0.564. The Hall–Kier alpha value is -2.73. The first kappa shape index (κ1) is 21.5. The van der Waals surface area contributed by atoms with Gasteiger partial charge in [0.1, 0.15) is 0 Å². The van der Waals surface area contributed by atoms with Crippen molar-refractivity contribution in [2.75, 3.05) is 18.4 Å². The van der Waals surface area contributed by atoms with Crippen molar-refractivity contribution < 1.29 is 9.59 Å². The maximum Gasteiger partial charge on any atom is 0.225 e. The number of thiazole rings is 1. The summed E-state index contributed by atoms with van der Waals surface area (Å²) < 4.78 is 1.04. The Labute approximate surface area is 187 Å². The number of nitrogens with zero attached hydrogens (tertiary/aromatic N) is 2. The third kappa shape index (κ3) is 5.70. The van der Waals surface area contributed by atoms with E-state index in [1.807, 2.05) is 24.0 Å². The van der Waals surface area contributed by atoms with E-state index in [0.29, 0.717) is 23.9 Å². The number of carbonyl (C=O) groups is 2. The summed E-state index contributed by atoms with van der Waals surface area (Å²) in [4.78, 5) is 30.8. The number of rotatable bonds is 7. The van der Waals surface area contributed by atoms with E-state index in [9.17, 15) is 9.59 Å². The van der Waals surface area contributed by atoms with E-state index in [1.54, 1.807) is 0 Å². The zero-order chi connectivity index (χ0) is 21.6. The monoisotopic (exact) mass is 435 g/mol. The third-order valence-electron chi connectivity index (χ3n) is 5.98. The minimum atomic E-state index is -0.0302. The maximum atomic E-state index is 12.7. The molecule has 0 spiro atoms. The standard InChI is InChI=1S/C25H29N3O2S/c1-2-23(29)27-25-26-21-10-8-19(17-22(21)31-25)9-11-24(30)28-14-12-20(13-15-28)16-18-6-4-3-5-7-18/h3-8,10,17,20H,2,9,11-16H2,1H3,(H,26,27,29). The molecule has 2 amide bonds. The highest BCUT2D eigenvalue weighted by Gasteiger charge is 2.22. The first-order valence-corrected chi connectivity index (χ1v) is 11.9. The molecule has 1 saturated heterocycles. The van der Waals surface area contributed by atoms with Gasteiger partial charge in [0, 0.05) is 25.9 Å². The Morgan fingerprint density at radius 2 is 1.87 bits per heavy atom. The molecule has 2 aromatic carbocycles. The highest BCUT2D eigenvalue weighted by Crippen LogP contribution is 2.28. The second-order valence-electron chi connectivity index (χ2n) is 8.24. The van der Waals surface area contributed by atoms with Crippen LogP contribution in [0.5, 0.6) is 0 Å². The lowest BCUT2D eigenvalue weighted by Gasteiger charge is -2.32. The van der Waals surface area contributed by atoms with Gasteiger partial charge in [0.25, 0.3) is 0 Å². The average Bonchev–Trinajstić information content (AvgIpc) is 3.20. The molecule has 1 aliphatic heterocycles. The van der Waals surface area contributed by atoms with Crippen molar-refractivity contribution in [2.24, 2.45) is 5.92 Å². The molecular weight excluding hydrogens is 406 g/mol. The zero-order valence-corrected chi connectivity index (χ0v) is 18.8. The number of nitrogens with one attached hydrogen (secondary N) is 1. The number of aryl methyl sites for hydroxylation is 1. The number of carbonyl (C=O) groups excluding carboxylic acids is 2. The fourth-order valence-corrected chi connectivity index (χ4v) is 5.07. The molecule has 1 N–H and O–H groups in total. The number of fused-ring (bicyclic) bond motifs is 1. The van der Waals surface area contributed by atoms with Crippen molar-refractivity contribution in [3.63, 3.8) is 0 Å². The molecule has 3 aromatic rings. The minimum absolute atomic E-state index is 0.0302. The van der Waals surface area contributed by atoms with Crippen LogP contribution in [0.4, 0.5) is 5.13 Å². The molecule has 5 nitrogen and oxygen atoms in total. The van der Waals surface area contributed by atoms with Crippen molar-refractivity contribution in [3.05, 3.63) is 59.7 Å². The largest absolute Gasteiger partial charge is 0.343 e. The molecule has 0 atom stereocenters. The summed E-state index contributed by atoms with van der Waals surface area (Å²) in [6, 6.07) is 16.7. The summed E-state index contributed by atoms with van der Waals surface area (Å²) in [5, 5.41) is 3.45. The summed E-state index contributed by atoms with van der Waals surface area (Å²) in [5.74, 6) is 0.887. The van der Waals surface area contributed by atoms with E-state index in [-0.39, 0.29) is 11.8 Å². The molecule has 1 fully saturated rings. The number of likely N-dealkylation sites (tertiary alicyclic amines) is 1. The second kappa shape index (κ2) is 10.1. The molecule has 0 bridgehead atoms. The number of anilines is 1. The van der Waals surface area contributed by atoms with Gasteiger partial charge in [-0.05, 0) is 54.9 Å². The van der Waals surface area contributed by atoms with E-state index >= 15 is 0 Å². The summed E-state index contributed by atoms with van der Waals surface area (Å²) in [6.07, 6.45) is 4.98. The van der Waals surface area contributed by atoms with Crippen LogP contribution in [-0.4, -0.2) is 34.8 Å². The molecule has 0 saturated carbocycles. The van der Waals surface area contributed by atoms with Crippen LogP contribution in [0.15, 0.2) is 48.5 Å². The minimum Gasteiger partial charge on any atom is -0.343 e. The van der Waals surface area contributed by atoms with E-state index in [2.05, 4.69) is 46.7 Å². The van der Waals surface area contributed by atoms with Crippen molar-refractivity contribution >= 4 is 38.5 Å². The number of amides is 2. The predicted octanol–water partition coefficient (Wildman–Crippen LogP) is 5.06. The summed E-state index contributed by atoms with van der Waals surface area (Å²) in [6.45, 7) is 3.55. The van der Waals surface area contributed by atoms with Gasteiger partial charge in [-0.15, -0.1) is 0 Å². The fourth-order valence-electron chi connectivity index (χ4n) is 4.13. The lowest BCUT2D eigenvalue weighted by atomic mass is 9.90. The molecule has 162 valence electrons. The van der Waals surface area contributed by atoms with Gasteiger partial charge in [0.05, 0.1) is 10.2 Å². The molecule has 1 aromatic heterocycles. The van der Waals surface area contributed by atoms with Crippen LogP contribution in [0.3, 0.4) is 0 Å². The van der Waals surface area contributed by atoms with Gasteiger partial charge in [0.2, 0.25) is 11.8 Å². The van der Waals surface area contributed by atoms with Gasteiger partial charge in [-0.3, -0.25) is 9.59 Å². The van der Waals surface area contributed by atoms with Crippen LogP contribution in [0, 0.1) is 5.92 Å². The topological polar surface area (TPSA) is 62.3 Å². The smallest absolute Gasteiger partial charge is 0.225 e. The van der Waals surface area contributed by atoms with Crippen LogP contribution in [0.2, 0.25) is 0 Å². The first-order chi connectivity index (χ1) is 15.1. The van der Waals surface area contributed by atoms with Crippen molar-refractivity contribution in [1.82, 2.24) is 9.88 Å². The SMILES string of the molecule is CCC(=O)Nc1nc2ccc(CCC(=O)N3CCC(Cc4ccccc4)CC3)cc2s1. The number of benzene rings is 2. The maximum absolute atomic E-state index is 12.7.